The summed E-state index contributed by atoms with van der Waals surface area (Å²) in [5.74, 6) is 0. The minimum Gasteiger partial charge on any atom is -0.108 e. The van der Waals surface area contributed by atoms with Gasteiger partial charge in [-0.1, -0.05) is 41.5 Å². The second-order valence-electron chi connectivity index (χ2n) is 6.27. The molecule has 0 saturated carbocycles. The molecule has 0 spiro atoms. The van der Waals surface area contributed by atoms with Crippen LogP contribution in [-0.4, -0.2) is 14.3 Å². The first-order valence-electron chi connectivity index (χ1n) is 5.36. The number of hydrogen-bond acceptors (Lipinski definition) is 0. The van der Waals surface area contributed by atoms with Crippen molar-refractivity contribution in [2.24, 2.45) is 10.8 Å². The minimum atomic E-state index is 0.174. The highest BCUT2D eigenvalue weighted by Gasteiger charge is 2.29. The van der Waals surface area contributed by atoms with E-state index in [-0.39, 0.29) is 10.8 Å². The van der Waals surface area contributed by atoms with Crippen LogP contribution in [0.3, 0.4) is 0 Å². The predicted octanol–water partition coefficient (Wildman–Crippen LogP) is 2.89. The molecule has 0 amide bonds. The van der Waals surface area contributed by atoms with Gasteiger partial charge in [0.25, 0.3) is 0 Å². The summed E-state index contributed by atoms with van der Waals surface area (Å²) in [6, 6.07) is 0. The zero-order valence-corrected chi connectivity index (χ0v) is 11.0. The number of allylic oxidation sites excluding steroid dienone is 2. The van der Waals surface area contributed by atoms with Crippen LogP contribution in [-0.2, 0) is 0 Å². The molecule has 0 aliphatic heterocycles. The second kappa shape index (κ2) is 4.00. The molecule has 0 aliphatic rings. The zero-order valence-electron chi connectivity index (χ0n) is 11.0. The summed E-state index contributed by atoms with van der Waals surface area (Å²) in [6.07, 6.45) is 0. The monoisotopic (exact) mass is 190 g/mol. The molecule has 0 atom stereocenters. The summed E-state index contributed by atoms with van der Waals surface area (Å²) in [5, 5.41) is 0. The molecule has 0 radical (unpaired) electrons. The predicted molar refractivity (Wildman–Crippen MR) is 71.5 cm³/mol. The molecule has 0 unspecified atom stereocenters. The van der Waals surface area contributed by atoms with Gasteiger partial charge in [-0.3, -0.25) is 0 Å². The highest BCUT2D eigenvalue weighted by molar-refractivity contribution is 7.11. The third-order valence-corrected chi connectivity index (χ3v) is 2.97. The van der Waals surface area contributed by atoms with Gasteiger partial charge in [0.2, 0.25) is 0 Å². The minimum absolute atomic E-state index is 0.174. The van der Waals surface area contributed by atoms with Crippen molar-refractivity contribution in [2.45, 2.75) is 41.5 Å². The fourth-order valence-electron chi connectivity index (χ4n) is 1.51. The van der Waals surface area contributed by atoms with Crippen molar-refractivity contribution in [1.29, 1.82) is 0 Å². The van der Waals surface area contributed by atoms with Crippen LogP contribution in [0.2, 0.25) is 0 Å². The van der Waals surface area contributed by atoms with Gasteiger partial charge in [-0.25, -0.2) is 0 Å². The van der Waals surface area contributed by atoms with Crippen molar-refractivity contribution in [1.82, 2.24) is 0 Å². The molecule has 0 heterocycles. The van der Waals surface area contributed by atoms with E-state index in [1.54, 1.807) is 0 Å². The van der Waals surface area contributed by atoms with Crippen molar-refractivity contribution < 1.29 is 0 Å². The van der Waals surface area contributed by atoms with Gasteiger partial charge in [0.05, 0.1) is 7.74 Å². The first kappa shape index (κ1) is 13.6. The molecule has 0 saturated heterocycles. The Balaban J connectivity index is 4.74. The SMILES string of the molecule is BB(C(=C)C(C)(C)C)C(=C)C(C)(C)C. The Morgan fingerprint density at radius 3 is 1.21 bits per heavy atom. The van der Waals surface area contributed by atoms with Gasteiger partial charge in [-0.2, -0.15) is 0 Å². The van der Waals surface area contributed by atoms with Crippen LogP contribution in [0.5, 0.6) is 0 Å². The van der Waals surface area contributed by atoms with Crippen molar-refractivity contribution >= 4 is 14.3 Å². The third kappa shape index (κ3) is 3.40. The van der Waals surface area contributed by atoms with E-state index in [0.29, 0.717) is 6.60 Å². The van der Waals surface area contributed by atoms with Gasteiger partial charge in [0, 0.05) is 0 Å². The molecule has 0 nitrogen and oxygen atoms in total. The smallest absolute Gasteiger partial charge is 0.108 e. The lowest BCUT2D eigenvalue weighted by molar-refractivity contribution is 0.516. The average molecular weight is 190 g/mol. The Kier molecular flexibility index (Phi) is 3.89. The van der Waals surface area contributed by atoms with E-state index >= 15 is 0 Å². The van der Waals surface area contributed by atoms with E-state index in [1.165, 1.54) is 10.9 Å². The van der Waals surface area contributed by atoms with Crippen LogP contribution >= 0.6 is 0 Å². The molecule has 0 aromatic heterocycles. The molecule has 0 bridgehead atoms. The summed E-state index contributed by atoms with van der Waals surface area (Å²) < 4.78 is 0. The summed E-state index contributed by atoms with van der Waals surface area (Å²) in [7, 11) is 2.21. The first-order valence-corrected chi connectivity index (χ1v) is 5.36. The zero-order chi connectivity index (χ0) is 11.7. The molecule has 0 aliphatic carbocycles. The van der Waals surface area contributed by atoms with Gasteiger partial charge in [0.1, 0.15) is 0 Å². The average Bonchev–Trinajstić information content (AvgIpc) is 1.97. The lowest BCUT2D eigenvalue weighted by atomic mass is 9.21. The highest BCUT2D eigenvalue weighted by Crippen LogP contribution is 2.32. The van der Waals surface area contributed by atoms with E-state index in [2.05, 4.69) is 62.4 Å². The van der Waals surface area contributed by atoms with Crippen LogP contribution < -0.4 is 0 Å². The lowest BCUT2D eigenvalue weighted by Gasteiger charge is -2.32. The number of rotatable bonds is 2. The fourth-order valence-corrected chi connectivity index (χ4v) is 1.51. The van der Waals surface area contributed by atoms with Gasteiger partial charge >= 0.3 is 0 Å². The third-order valence-electron chi connectivity index (χ3n) is 2.97. The molecule has 14 heavy (non-hydrogen) atoms. The van der Waals surface area contributed by atoms with Gasteiger partial charge in [0.15, 0.2) is 6.60 Å². The molecule has 0 fully saturated rings. The van der Waals surface area contributed by atoms with Gasteiger partial charge in [-0.15, -0.1) is 24.1 Å². The summed E-state index contributed by atoms with van der Waals surface area (Å²) in [4.78, 5) is 0. The Morgan fingerprint density at radius 2 is 1.07 bits per heavy atom. The van der Waals surface area contributed by atoms with E-state index in [0.717, 1.165) is 0 Å². The van der Waals surface area contributed by atoms with E-state index in [9.17, 15) is 0 Å². The molecular weight excluding hydrogens is 166 g/mol. The molecule has 0 aromatic rings. The van der Waals surface area contributed by atoms with Crippen molar-refractivity contribution in [3.05, 3.63) is 24.1 Å². The van der Waals surface area contributed by atoms with Crippen molar-refractivity contribution in [3.63, 3.8) is 0 Å². The Bertz CT molecular complexity index is 212. The molecule has 0 rings (SSSR count). The number of hydrogen-bond donors (Lipinski definition) is 0. The van der Waals surface area contributed by atoms with E-state index in [4.69, 9.17) is 0 Å². The molecule has 2 heteroatoms. The highest BCUT2D eigenvalue weighted by atomic mass is 14.2. The van der Waals surface area contributed by atoms with Gasteiger partial charge < -0.3 is 0 Å². The lowest BCUT2D eigenvalue weighted by Crippen LogP contribution is -2.33. The van der Waals surface area contributed by atoms with Crippen LogP contribution in [0, 0.1) is 10.8 Å². The second-order valence-corrected chi connectivity index (χ2v) is 6.27. The summed E-state index contributed by atoms with van der Waals surface area (Å²) in [6.45, 7) is 22.1. The molecule has 0 aromatic carbocycles. The van der Waals surface area contributed by atoms with Crippen LogP contribution in [0.25, 0.3) is 0 Å². The largest absolute Gasteiger partial charge is 0.160 e. The Morgan fingerprint density at radius 1 is 0.857 bits per heavy atom. The summed E-state index contributed by atoms with van der Waals surface area (Å²) >= 11 is 0. The first-order chi connectivity index (χ1) is 5.98. The molecule has 0 N–H and O–H groups in total. The van der Waals surface area contributed by atoms with Crippen molar-refractivity contribution in [3.8, 4) is 0 Å². The fraction of sp³-hybridized carbons (Fsp3) is 0.667. The molecule has 78 valence electrons. The van der Waals surface area contributed by atoms with Crippen molar-refractivity contribution in [2.75, 3.05) is 0 Å². The molecular formula is C12H24B2. The van der Waals surface area contributed by atoms with Crippen LogP contribution in [0.4, 0.5) is 0 Å². The Labute approximate surface area is 91.3 Å². The standard InChI is InChI=1S/C12H24B2/c1-9(11(3,4)5)14(13)10(2)12(6,7)8/h1-2,13H2,3-8H3. The van der Waals surface area contributed by atoms with Crippen LogP contribution in [0.15, 0.2) is 24.1 Å². The van der Waals surface area contributed by atoms with E-state index < -0.39 is 0 Å². The maximum absolute atomic E-state index is 4.20. The van der Waals surface area contributed by atoms with Crippen LogP contribution in [0.1, 0.15) is 41.5 Å². The van der Waals surface area contributed by atoms with Gasteiger partial charge in [-0.05, 0) is 10.8 Å². The quantitative estimate of drug-likeness (QED) is 0.587. The maximum atomic E-state index is 4.20. The van der Waals surface area contributed by atoms with E-state index in [1.807, 2.05) is 0 Å². The topological polar surface area (TPSA) is 0 Å². The Hall–Kier alpha value is -0.390. The normalized spacial score (nSPS) is 12.4. The summed E-state index contributed by atoms with van der Waals surface area (Å²) in [5.41, 5.74) is 2.90. The maximum Gasteiger partial charge on any atom is 0.160 e.